The number of anilines is 1. The van der Waals surface area contributed by atoms with Crippen molar-refractivity contribution in [1.29, 1.82) is 0 Å². The number of hydrogen-bond donors (Lipinski definition) is 2. The van der Waals surface area contributed by atoms with Gasteiger partial charge in [-0.3, -0.25) is 14.5 Å². The van der Waals surface area contributed by atoms with E-state index < -0.39 is 29.9 Å². The van der Waals surface area contributed by atoms with Gasteiger partial charge in [0.25, 0.3) is 5.91 Å². The minimum absolute atomic E-state index is 0.422. The number of methoxy groups -OCH3 is 2. The van der Waals surface area contributed by atoms with Crippen LogP contribution < -0.4 is 20.1 Å². The van der Waals surface area contributed by atoms with Gasteiger partial charge in [0.2, 0.25) is 5.91 Å². The molecule has 8 nitrogen and oxygen atoms in total. The van der Waals surface area contributed by atoms with Crippen LogP contribution in [-0.4, -0.2) is 43.5 Å². The zero-order chi connectivity index (χ0) is 21.2. The van der Waals surface area contributed by atoms with E-state index in [1.165, 1.54) is 14.2 Å². The molecule has 0 aliphatic carbocycles. The number of carbonyl (C=O) groups is 3. The van der Waals surface area contributed by atoms with Gasteiger partial charge >= 0.3 is 6.03 Å². The summed E-state index contributed by atoms with van der Waals surface area (Å²) >= 11 is 5.90. The Bertz CT molecular complexity index is 980. The van der Waals surface area contributed by atoms with E-state index in [1.807, 2.05) is 0 Å². The molecule has 0 spiro atoms. The third kappa shape index (κ3) is 3.97. The van der Waals surface area contributed by atoms with Crippen molar-refractivity contribution in [3.05, 3.63) is 53.1 Å². The molecular formula is C20H20ClN3O5. The first-order valence-corrected chi connectivity index (χ1v) is 9.08. The predicted molar refractivity (Wildman–Crippen MR) is 107 cm³/mol. The summed E-state index contributed by atoms with van der Waals surface area (Å²) in [6.07, 6.45) is 0. The SMILES string of the molecule is COc1ccc(C2(C)NC(=O)N(CC(=O)Nc3cccc(Cl)c3)C2=O)cc1OC. The molecule has 1 saturated heterocycles. The van der Waals surface area contributed by atoms with Crippen LogP contribution in [0, 0.1) is 0 Å². The van der Waals surface area contributed by atoms with Crippen molar-refractivity contribution < 1.29 is 23.9 Å². The number of amides is 4. The summed E-state index contributed by atoms with van der Waals surface area (Å²) in [5.41, 5.74) is -0.365. The first kappa shape index (κ1) is 20.5. The predicted octanol–water partition coefficient (Wildman–Crippen LogP) is 2.76. The minimum atomic E-state index is -1.34. The standard InChI is InChI=1S/C20H20ClN3O5/c1-20(12-7-8-15(28-2)16(9-12)29-3)18(26)24(19(27)23-20)11-17(25)22-14-6-4-5-13(21)10-14/h4-10H,11H2,1-3H3,(H,22,25)(H,23,27). The maximum atomic E-state index is 13.0. The van der Waals surface area contributed by atoms with Crippen LogP contribution in [0.25, 0.3) is 0 Å². The molecule has 2 N–H and O–H groups in total. The second-order valence-corrected chi connectivity index (χ2v) is 7.01. The topological polar surface area (TPSA) is 97.0 Å². The Morgan fingerprint density at radius 1 is 1.14 bits per heavy atom. The Kier molecular flexibility index (Phi) is 5.65. The summed E-state index contributed by atoms with van der Waals surface area (Å²) < 4.78 is 10.5. The van der Waals surface area contributed by atoms with E-state index in [9.17, 15) is 14.4 Å². The summed E-state index contributed by atoms with van der Waals surface area (Å²) in [5.74, 6) is -0.150. The fourth-order valence-electron chi connectivity index (χ4n) is 3.09. The summed E-state index contributed by atoms with van der Waals surface area (Å²) in [5, 5.41) is 5.73. The van der Waals surface area contributed by atoms with Gasteiger partial charge in [-0.25, -0.2) is 4.79 Å². The monoisotopic (exact) mass is 417 g/mol. The van der Waals surface area contributed by atoms with E-state index in [0.717, 1.165) is 4.90 Å². The molecule has 0 saturated carbocycles. The van der Waals surface area contributed by atoms with Crippen molar-refractivity contribution in [2.75, 3.05) is 26.1 Å². The van der Waals surface area contributed by atoms with E-state index in [2.05, 4.69) is 10.6 Å². The molecule has 0 radical (unpaired) electrons. The highest BCUT2D eigenvalue weighted by atomic mass is 35.5. The van der Waals surface area contributed by atoms with Gasteiger partial charge in [0.1, 0.15) is 12.1 Å². The molecule has 0 aromatic heterocycles. The summed E-state index contributed by atoms with van der Waals surface area (Å²) in [6.45, 7) is 1.14. The number of benzene rings is 2. The summed E-state index contributed by atoms with van der Waals surface area (Å²) in [6, 6.07) is 10.8. The smallest absolute Gasteiger partial charge is 0.325 e. The Labute approximate surface area is 172 Å². The molecule has 1 unspecified atom stereocenters. The molecule has 29 heavy (non-hydrogen) atoms. The van der Waals surface area contributed by atoms with Crippen molar-refractivity contribution in [1.82, 2.24) is 10.2 Å². The van der Waals surface area contributed by atoms with Gasteiger partial charge < -0.3 is 20.1 Å². The first-order chi connectivity index (χ1) is 13.8. The van der Waals surface area contributed by atoms with Crippen LogP contribution in [0.5, 0.6) is 11.5 Å². The van der Waals surface area contributed by atoms with Crippen molar-refractivity contribution in [2.24, 2.45) is 0 Å². The summed E-state index contributed by atoms with van der Waals surface area (Å²) in [4.78, 5) is 38.6. The largest absolute Gasteiger partial charge is 0.493 e. The molecule has 1 fully saturated rings. The fraction of sp³-hybridized carbons (Fsp3) is 0.250. The molecule has 1 aliphatic rings. The zero-order valence-corrected chi connectivity index (χ0v) is 16.9. The van der Waals surface area contributed by atoms with E-state index in [4.69, 9.17) is 21.1 Å². The number of hydrogen-bond acceptors (Lipinski definition) is 5. The van der Waals surface area contributed by atoms with Crippen LogP contribution in [0.1, 0.15) is 12.5 Å². The Hall–Kier alpha value is -3.26. The van der Waals surface area contributed by atoms with E-state index in [0.29, 0.717) is 27.8 Å². The number of rotatable bonds is 6. The lowest BCUT2D eigenvalue weighted by Crippen LogP contribution is -2.42. The highest BCUT2D eigenvalue weighted by Gasteiger charge is 2.49. The maximum absolute atomic E-state index is 13.0. The average molecular weight is 418 g/mol. The highest BCUT2D eigenvalue weighted by molar-refractivity contribution is 6.30. The third-order valence-electron chi connectivity index (χ3n) is 4.65. The van der Waals surface area contributed by atoms with Gasteiger partial charge in [-0.05, 0) is 42.8 Å². The van der Waals surface area contributed by atoms with E-state index in [-0.39, 0.29) is 0 Å². The van der Waals surface area contributed by atoms with Gasteiger partial charge in [0.05, 0.1) is 14.2 Å². The van der Waals surface area contributed by atoms with Crippen LogP contribution in [0.15, 0.2) is 42.5 Å². The van der Waals surface area contributed by atoms with Gasteiger partial charge in [0, 0.05) is 10.7 Å². The second-order valence-electron chi connectivity index (χ2n) is 6.57. The molecule has 1 atom stereocenters. The highest BCUT2D eigenvalue weighted by Crippen LogP contribution is 2.35. The van der Waals surface area contributed by atoms with Crippen LogP contribution in [0.3, 0.4) is 0 Å². The lowest BCUT2D eigenvalue weighted by molar-refractivity contribution is -0.133. The van der Waals surface area contributed by atoms with Gasteiger partial charge in [-0.15, -0.1) is 0 Å². The number of halogens is 1. The van der Waals surface area contributed by atoms with Crippen LogP contribution in [-0.2, 0) is 15.1 Å². The summed E-state index contributed by atoms with van der Waals surface area (Å²) in [7, 11) is 2.98. The molecule has 152 valence electrons. The first-order valence-electron chi connectivity index (χ1n) is 8.70. The second kappa shape index (κ2) is 8.00. The maximum Gasteiger partial charge on any atom is 0.325 e. The molecule has 9 heteroatoms. The van der Waals surface area contributed by atoms with E-state index in [1.54, 1.807) is 49.4 Å². The van der Waals surface area contributed by atoms with Crippen LogP contribution in [0.2, 0.25) is 5.02 Å². The number of nitrogens with one attached hydrogen (secondary N) is 2. The average Bonchev–Trinajstić information content (AvgIpc) is 2.91. The van der Waals surface area contributed by atoms with Crippen molar-refractivity contribution in [2.45, 2.75) is 12.5 Å². The molecule has 4 amide bonds. The van der Waals surface area contributed by atoms with Crippen LogP contribution in [0.4, 0.5) is 10.5 Å². The van der Waals surface area contributed by atoms with Crippen LogP contribution >= 0.6 is 11.6 Å². The molecule has 2 aromatic carbocycles. The Morgan fingerprint density at radius 2 is 1.86 bits per heavy atom. The number of urea groups is 1. The van der Waals surface area contributed by atoms with Gasteiger partial charge in [0.15, 0.2) is 11.5 Å². The number of ether oxygens (including phenoxy) is 2. The van der Waals surface area contributed by atoms with Crippen molar-refractivity contribution >= 4 is 35.1 Å². The number of nitrogens with zero attached hydrogens (tertiary/aromatic N) is 1. The minimum Gasteiger partial charge on any atom is -0.493 e. The third-order valence-corrected chi connectivity index (χ3v) is 4.88. The van der Waals surface area contributed by atoms with E-state index >= 15 is 0 Å². The number of carbonyl (C=O) groups excluding carboxylic acids is 3. The molecule has 1 aliphatic heterocycles. The number of imide groups is 1. The molecule has 2 aromatic rings. The molecule has 0 bridgehead atoms. The zero-order valence-electron chi connectivity index (χ0n) is 16.1. The Morgan fingerprint density at radius 3 is 2.52 bits per heavy atom. The quantitative estimate of drug-likeness (QED) is 0.704. The Balaban J connectivity index is 1.79. The van der Waals surface area contributed by atoms with Crippen molar-refractivity contribution in [3.63, 3.8) is 0 Å². The lowest BCUT2D eigenvalue weighted by Gasteiger charge is -2.23. The fourth-order valence-corrected chi connectivity index (χ4v) is 3.28. The van der Waals surface area contributed by atoms with Crippen molar-refractivity contribution in [3.8, 4) is 11.5 Å². The van der Waals surface area contributed by atoms with Gasteiger partial charge in [-0.2, -0.15) is 0 Å². The molecular weight excluding hydrogens is 398 g/mol. The normalized spacial score (nSPS) is 18.4. The van der Waals surface area contributed by atoms with Gasteiger partial charge in [-0.1, -0.05) is 23.7 Å². The molecule has 1 heterocycles. The molecule has 3 rings (SSSR count). The lowest BCUT2D eigenvalue weighted by atomic mass is 9.91.